The predicted molar refractivity (Wildman–Crippen MR) is 119 cm³/mol. The molecule has 0 saturated carbocycles. The van der Waals surface area contributed by atoms with Crippen molar-refractivity contribution in [2.24, 2.45) is 5.10 Å². The molecular formula is C23H21Cl2F3N2. The van der Waals surface area contributed by atoms with Gasteiger partial charge in [-0.25, -0.2) is 0 Å². The van der Waals surface area contributed by atoms with Gasteiger partial charge in [-0.15, -0.1) is 0 Å². The van der Waals surface area contributed by atoms with Crippen LogP contribution in [0.15, 0.2) is 41.5 Å². The molecule has 0 fully saturated rings. The van der Waals surface area contributed by atoms with Crippen LogP contribution in [-0.2, 0) is 6.18 Å². The highest BCUT2D eigenvalue weighted by atomic mass is 35.5. The van der Waals surface area contributed by atoms with Gasteiger partial charge in [0.25, 0.3) is 0 Å². The van der Waals surface area contributed by atoms with E-state index in [0.29, 0.717) is 5.92 Å². The van der Waals surface area contributed by atoms with Crippen LogP contribution < -0.4 is 5.43 Å². The third-order valence-electron chi connectivity index (χ3n) is 4.99. The number of halogens is 5. The van der Waals surface area contributed by atoms with E-state index in [0.717, 1.165) is 33.9 Å². The van der Waals surface area contributed by atoms with Gasteiger partial charge in [0.2, 0.25) is 0 Å². The number of anilines is 1. The van der Waals surface area contributed by atoms with Crippen LogP contribution in [0.2, 0.25) is 10.0 Å². The normalized spacial score (nSPS) is 12.3. The maximum atomic E-state index is 13.4. The third kappa shape index (κ3) is 4.57. The molecule has 1 aromatic rings. The monoisotopic (exact) mass is 452 g/mol. The van der Waals surface area contributed by atoms with Crippen LogP contribution in [0.5, 0.6) is 0 Å². The second kappa shape index (κ2) is 8.48. The Bertz CT molecular complexity index is 1090. The van der Waals surface area contributed by atoms with Crippen molar-refractivity contribution >= 4 is 35.1 Å². The minimum absolute atomic E-state index is 0.0939. The molecule has 1 aromatic carbocycles. The second-order valence-corrected chi connectivity index (χ2v) is 8.41. The Morgan fingerprint density at radius 2 is 1.70 bits per heavy atom. The molecule has 2 aliphatic carbocycles. The molecule has 0 atom stereocenters. The number of fused-ring (bicyclic) bond motifs is 1. The summed E-state index contributed by atoms with van der Waals surface area (Å²) in [7, 11) is 0. The lowest BCUT2D eigenvalue weighted by molar-refractivity contribution is -0.136. The Morgan fingerprint density at radius 3 is 2.33 bits per heavy atom. The molecule has 2 aliphatic rings. The average Bonchev–Trinajstić information content (AvgIpc) is 2.81. The average molecular weight is 453 g/mol. The van der Waals surface area contributed by atoms with Crippen molar-refractivity contribution in [1.82, 2.24) is 0 Å². The van der Waals surface area contributed by atoms with Crippen LogP contribution in [0.25, 0.3) is 11.1 Å². The van der Waals surface area contributed by atoms with Crippen LogP contribution in [-0.4, -0.2) is 6.21 Å². The fourth-order valence-electron chi connectivity index (χ4n) is 3.42. The summed E-state index contributed by atoms with van der Waals surface area (Å²) in [5, 5.41) is 3.81. The van der Waals surface area contributed by atoms with Gasteiger partial charge in [-0.2, -0.15) is 18.3 Å². The van der Waals surface area contributed by atoms with Gasteiger partial charge >= 0.3 is 6.18 Å². The van der Waals surface area contributed by atoms with E-state index in [1.54, 1.807) is 0 Å². The molecule has 30 heavy (non-hydrogen) atoms. The van der Waals surface area contributed by atoms with Gasteiger partial charge in [0, 0.05) is 10.6 Å². The van der Waals surface area contributed by atoms with E-state index >= 15 is 0 Å². The predicted octanol–water partition coefficient (Wildman–Crippen LogP) is 8.30. The Balaban J connectivity index is 2.00. The Kier molecular flexibility index (Phi) is 6.34. The molecule has 0 aromatic heterocycles. The summed E-state index contributed by atoms with van der Waals surface area (Å²) in [4.78, 5) is 0. The standard InChI is InChI=1S/C23H21Cl2F3N2/c1-12(2)15-6-5-13(3)21-16(7-14(4)18(21)8-15)11-29-30-22-19(23(26,27)28)9-17(24)10-20(22)25/h5-12,30H,1-4H3/b29-11-. The molecule has 0 amide bonds. The molecule has 0 radical (unpaired) electrons. The SMILES string of the molecule is Cc1cc(/C=N\Nc2c(Cl)cc(Cl)cc2C(F)(F)F)c2c(C)ccc(C(C)C)cc1-2. The molecule has 0 saturated heterocycles. The number of benzene rings is 1. The molecule has 2 nitrogen and oxygen atoms in total. The molecule has 0 aliphatic heterocycles. The lowest BCUT2D eigenvalue weighted by atomic mass is 10.0. The third-order valence-corrected chi connectivity index (χ3v) is 5.51. The zero-order valence-electron chi connectivity index (χ0n) is 17.0. The molecule has 0 spiro atoms. The topological polar surface area (TPSA) is 24.4 Å². The zero-order chi connectivity index (χ0) is 22.2. The number of rotatable bonds is 4. The fraction of sp³-hybridized carbons (Fsp3) is 0.261. The van der Waals surface area contributed by atoms with E-state index in [9.17, 15) is 13.2 Å². The first-order valence-electron chi connectivity index (χ1n) is 9.38. The smallest absolute Gasteiger partial charge is 0.276 e. The van der Waals surface area contributed by atoms with Crippen molar-refractivity contribution in [3.05, 3.63) is 74.3 Å². The Labute approximate surface area is 184 Å². The van der Waals surface area contributed by atoms with Gasteiger partial charge in [-0.05, 0) is 65.8 Å². The van der Waals surface area contributed by atoms with Crippen LogP contribution in [0.4, 0.5) is 18.9 Å². The summed E-state index contributed by atoms with van der Waals surface area (Å²) >= 11 is 11.7. The van der Waals surface area contributed by atoms with E-state index < -0.39 is 11.7 Å². The Morgan fingerprint density at radius 1 is 1.00 bits per heavy atom. The van der Waals surface area contributed by atoms with Crippen molar-refractivity contribution in [2.75, 3.05) is 5.43 Å². The highest BCUT2D eigenvalue weighted by Crippen LogP contribution is 2.41. The quantitative estimate of drug-likeness (QED) is 0.312. The lowest BCUT2D eigenvalue weighted by Crippen LogP contribution is -2.09. The fourth-order valence-corrected chi connectivity index (χ4v) is 3.96. The molecule has 0 bridgehead atoms. The molecule has 1 N–H and O–H groups in total. The summed E-state index contributed by atoms with van der Waals surface area (Å²) in [5.41, 5.74) is 7.44. The number of aryl methyl sites for hydroxylation is 2. The first kappa shape index (κ1) is 22.4. The molecule has 3 rings (SSSR count). The molecule has 158 valence electrons. The maximum absolute atomic E-state index is 13.4. The molecule has 0 heterocycles. The van der Waals surface area contributed by atoms with Crippen LogP contribution >= 0.6 is 23.2 Å². The second-order valence-electron chi connectivity index (χ2n) is 7.56. The summed E-state index contributed by atoms with van der Waals surface area (Å²) in [5.74, 6) is 0.376. The maximum Gasteiger partial charge on any atom is 0.418 e. The largest absolute Gasteiger partial charge is 0.418 e. The highest BCUT2D eigenvalue weighted by Gasteiger charge is 2.35. The van der Waals surface area contributed by atoms with E-state index in [1.807, 2.05) is 19.9 Å². The van der Waals surface area contributed by atoms with Gasteiger partial charge in [0.05, 0.1) is 22.5 Å². The van der Waals surface area contributed by atoms with E-state index in [-0.39, 0.29) is 15.7 Å². The first-order valence-corrected chi connectivity index (χ1v) is 10.1. The van der Waals surface area contributed by atoms with Crippen molar-refractivity contribution < 1.29 is 13.2 Å². The summed E-state index contributed by atoms with van der Waals surface area (Å²) in [6.45, 7) is 8.28. The Hall–Kier alpha value is -2.24. The number of hydrogen-bond donors (Lipinski definition) is 1. The van der Waals surface area contributed by atoms with Gasteiger partial charge in [-0.1, -0.05) is 55.2 Å². The van der Waals surface area contributed by atoms with Gasteiger partial charge in [0.1, 0.15) is 0 Å². The zero-order valence-corrected chi connectivity index (χ0v) is 18.5. The number of alkyl halides is 3. The number of hydrogen-bond acceptors (Lipinski definition) is 2. The van der Waals surface area contributed by atoms with Crippen molar-refractivity contribution in [3.8, 4) is 11.1 Å². The lowest BCUT2D eigenvalue weighted by Gasteiger charge is -2.14. The molecular weight excluding hydrogens is 432 g/mol. The minimum atomic E-state index is -4.62. The summed E-state index contributed by atoms with van der Waals surface area (Å²) in [6, 6.07) is 10.4. The molecule has 0 unspecified atom stereocenters. The van der Waals surface area contributed by atoms with Gasteiger partial charge in [-0.3, -0.25) is 5.43 Å². The van der Waals surface area contributed by atoms with E-state index in [1.165, 1.54) is 17.8 Å². The van der Waals surface area contributed by atoms with Gasteiger partial charge < -0.3 is 0 Å². The number of nitrogens with zero attached hydrogens (tertiary/aromatic N) is 1. The number of hydrazone groups is 1. The van der Waals surface area contributed by atoms with Crippen LogP contribution in [0, 0.1) is 13.8 Å². The van der Waals surface area contributed by atoms with E-state index in [4.69, 9.17) is 23.2 Å². The minimum Gasteiger partial charge on any atom is -0.276 e. The first-order chi connectivity index (χ1) is 14.0. The van der Waals surface area contributed by atoms with Crippen LogP contribution in [0.1, 0.15) is 47.6 Å². The van der Waals surface area contributed by atoms with Crippen molar-refractivity contribution in [1.29, 1.82) is 0 Å². The summed E-state index contributed by atoms with van der Waals surface area (Å²) in [6.07, 6.45) is -3.10. The van der Waals surface area contributed by atoms with E-state index in [2.05, 4.69) is 42.6 Å². The van der Waals surface area contributed by atoms with Crippen molar-refractivity contribution in [3.63, 3.8) is 0 Å². The molecule has 7 heteroatoms. The van der Waals surface area contributed by atoms with Crippen LogP contribution in [0.3, 0.4) is 0 Å². The summed E-state index contributed by atoms with van der Waals surface area (Å²) < 4.78 is 40.1. The van der Waals surface area contributed by atoms with Crippen molar-refractivity contribution in [2.45, 2.75) is 39.8 Å². The number of nitrogens with one attached hydrogen (secondary N) is 1. The van der Waals surface area contributed by atoms with Gasteiger partial charge in [0.15, 0.2) is 0 Å². The highest BCUT2D eigenvalue weighted by molar-refractivity contribution is 6.36.